The summed E-state index contributed by atoms with van der Waals surface area (Å²) in [4.78, 5) is 8.47. The first-order valence-corrected chi connectivity index (χ1v) is 3.91. The summed E-state index contributed by atoms with van der Waals surface area (Å²) in [5.41, 5.74) is 2.35. The van der Waals surface area contributed by atoms with E-state index in [0.717, 1.165) is 11.5 Å². The Bertz CT molecular complexity index is 254. The van der Waals surface area contributed by atoms with Gasteiger partial charge in [-0.3, -0.25) is 0 Å². The van der Waals surface area contributed by atoms with Crippen molar-refractivity contribution in [3.05, 3.63) is 23.3 Å². The summed E-state index contributed by atoms with van der Waals surface area (Å²) < 4.78 is 0. The number of rotatable bonds is 1. The molecule has 0 aliphatic heterocycles. The Labute approximate surface area is 67.7 Å². The second-order valence-corrected chi connectivity index (χ2v) is 3.14. The molecule has 0 unspecified atom stereocenters. The van der Waals surface area contributed by atoms with Crippen molar-refractivity contribution >= 4 is 0 Å². The molecule has 0 amide bonds. The third kappa shape index (κ3) is 1.76. The van der Waals surface area contributed by atoms with Crippen LogP contribution < -0.4 is 0 Å². The van der Waals surface area contributed by atoms with Gasteiger partial charge in [-0.25, -0.2) is 9.97 Å². The van der Waals surface area contributed by atoms with Crippen LogP contribution in [0.4, 0.5) is 0 Å². The van der Waals surface area contributed by atoms with E-state index >= 15 is 0 Å². The van der Waals surface area contributed by atoms with Gasteiger partial charge in [-0.15, -0.1) is 0 Å². The molecule has 2 heteroatoms. The Morgan fingerprint density at radius 1 is 1.27 bits per heavy atom. The van der Waals surface area contributed by atoms with Gasteiger partial charge in [-0.2, -0.15) is 0 Å². The SMILES string of the molecule is Cc1ncc(C)c(C(C)C)n1. The minimum Gasteiger partial charge on any atom is -0.241 e. The number of hydrogen-bond donors (Lipinski definition) is 0. The molecule has 0 radical (unpaired) electrons. The molecule has 1 aromatic rings. The molecule has 0 aliphatic rings. The number of nitrogens with zero attached hydrogens (tertiary/aromatic N) is 2. The van der Waals surface area contributed by atoms with Crippen molar-refractivity contribution in [2.45, 2.75) is 33.6 Å². The molecular formula is C9H14N2. The quantitative estimate of drug-likeness (QED) is 0.613. The first-order valence-electron chi connectivity index (χ1n) is 3.91. The molecule has 0 saturated heterocycles. The number of aryl methyl sites for hydroxylation is 2. The van der Waals surface area contributed by atoms with Crippen LogP contribution in [0.15, 0.2) is 6.20 Å². The monoisotopic (exact) mass is 150 g/mol. The fraction of sp³-hybridized carbons (Fsp3) is 0.556. The van der Waals surface area contributed by atoms with Crippen LogP contribution in [0.25, 0.3) is 0 Å². The molecule has 1 aromatic heterocycles. The summed E-state index contributed by atoms with van der Waals surface area (Å²) in [6.45, 7) is 8.27. The largest absolute Gasteiger partial charge is 0.241 e. The van der Waals surface area contributed by atoms with E-state index in [0.29, 0.717) is 5.92 Å². The molecule has 11 heavy (non-hydrogen) atoms. The molecule has 2 nitrogen and oxygen atoms in total. The molecule has 0 spiro atoms. The molecule has 0 aliphatic carbocycles. The topological polar surface area (TPSA) is 25.8 Å². The highest BCUT2D eigenvalue weighted by Gasteiger charge is 2.04. The molecule has 0 bridgehead atoms. The maximum atomic E-state index is 4.36. The molecular weight excluding hydrogens is 136 g/mol. The van der Waals surface area contributed by atoms with Gasteiger partial charge in [0.1, 0.15) is 5.82 Å². The average molecular weight is 150 g/mol. The predicted octanol–water partition coefficient (Wildman–Crippen LogP) is 2.22. The third-order valence-electron chi connectivity index (χ3n) is 1.68. The zero-order valence-corrected chi connectivity index (χ0v) is 7.55. The summed E-state index contributed by atoms with van der Waals surface area (Å²) >= 11 is 0. The van der Waals surface area contributed by atoms with Crippen molar-refractivity contribution in [3.63, 3.8) is 0 Å². The fourth-order valence-electron chi connectivity index (χ4n) is 1.13. The lowest BCUT2D eigenvalue weighted by Crippen LogP contribution is -2.00. The maximum absolute atomic E-state index is 4.36. The average Bonchev–Trinajstić information content (AvgIpc) is 1.94. The zero-order chi connectivity index (χ0) is 8.43. The van der Waals surface area contributed by atoms with Crippen LogP contribution in [0.5, 0.6) is 0 Å². The number of hydrogen-bond acceptors (Lipinski definition) is 2. The Hall–Kier alpha value is -0.920. The highest BCUT2D eigenvalue weighted by atomic mass is 14.9. The van der Waals surface area contributed by atoms with Crippen LogP contribution in [0.1, 0.15) is 36.8 Å². The summed E-state index contributed by atoms with van der Waals surface area (Å²) in [6.07, 6.45) is 1.89. The van der Waals surface area contributed by atoms with Gasteiger partial charge in [-0.1, -0.05) is 13.8 Å². The third-order valence-corrected chi connectivity index (χ3v) is 1.68. The number of aromatic nitrogens is 2. The summed E-state index contributed by atoms with van der Waals surface area (Å²) in [6, 6.07) is 0. The lowest BCUT2D eigenvalue weighted by molar-refractivity contribution is 0.789. The molecule has 1 rings (SSSR count). The van der Waals surface area contributed by atoms with Gasteiger partial charge >= 0.3 is 0 Å². The zero-order valence-electron chi connectivity index (χ0n) is 7.55. The molecule has 60 valence electrons. The van der Waals surface area contributed by atoms with E-state index in [9.17, 15) is 0 Å². The minimum absolute atomic E-state index is 0.497. The van der Waals surface area contributed by atoms with E-state index in [-0.39, 0.29) is 0 Å². The van der Waals surface area contributed by atoms with Crippen molar-refractivity contribution < 1.29 is 0 Å². The Morgan fingerprint density at radius 2 is 1.91 bits per heavy atom. The van der Waals surface area contributed by atoms with Crippen molar-refractivity contribution in [1.82, 2.24) is 9.97 Å². The van der Waals surface area contributed by atoms with Gasteiger partial charge in [0.05, 0.1) is 0 Å². The van der Waals surface area contributed by atoms with E-state index in [1.807, 2.05) is 13.1 Å². The minimum atomic E-state index is 0.497. The van der Waals surface area contributed by atoms with Crippen molar-refractivity contribution in [2.75, 3.05) is 0 Å². The van der Waals surface area contributed by atoms with E-state index < -0.39 is 0 Å². The Morgan fingerprint density at radius 3 is 2.36 bits per heavy atom. The summed E-state index contributed by atoms with van der Waals surface area (Å²) in [5.74, 6) is 1.36. The van der Waals surface area contributed by atoms with Crippen molar-refractivity contribution in [1.29, 1.82) is 0 Å². The second kappa shape index (κ2) is 2.99. The predicted molar refractivity (Wildman–Crippen MR) is 45.6 cm³/mol. The van der Waals surface area contributed by atoms with Crippen molar-refractivity contribution in [2.24, 2.45) is 0 Å². The Balaban J connectivity index is 3.13. The van der Waals surface area contributed by atoms with Gasteiger partial charge in [0.15, 0.2) is 0 Å². The van der Waals surface area contributed by atoms with Gasteiger partial charge in [0, 0.05) is 11.9 Å². The van der Waals surface area contributed by atoms with E-state index in [2.05, 4.69) is 30.7 Å². The van der Waals surface area contributed by atoms with Gasteiger partial charge in [-0.05, 0) is 25.3 Å². The molecule has 0 atom stereocenters. The summed E-state index contributed by atoms with van der Waals surface area (Å²) in [5, 5.41) is 0. The van der Waals surface area contributed by atoms with Crippen LogP contribution in [0.2, 0.25) is 0 Å². The van der Waals surface area contributed by atoms with Crippen LogP contribution in [-0.2, 0) is 0 Å². The van der Waals surface area contributed by atoms with Gasteiger partial charge in [0.2, 0.25) is 0 Å². The van der Waals surface area contributed by atoms with E-state index in [1.54, 1.807) is 0 Å². The fourth-order valence-corrected chi connectivity index (χ4v) is 1.13. The van der Waals surface area contributed by atoms with Crippen LogP contribution in [0.3, 0.4) is 0 Å². The lowest BCUT2D eigenvalue weighted by atomic mass is 10.1. The highest BCUT2D eigenvalue weighted by Crippen LogP contribution is 2.14. The first kappa shape index (κ1) is 8.18. The second-order valence-electron chi connectivity index (χ2n) is 3.14. The van der Waals surface area contributed by atoms with Crippen LogP contribution >= 0.6 is 0 Å². The van der Waals surface area contributed by atoms with E-state index in [4.69, 9.17) is 0 Å². The normalized spacial score (nSPS) is 10.6. The van der Waals surface area contributed by atoms with Crippen LogP contribution in [0, 0.1) is 13.8 Å². The first-order chi connectivity index (χ1) is 5.11. The molecule has 0 fully saturated rings. The molecule has 0 N–H and O–H groups in total. The molecule has 1 heterocycles. The van der Waals surface area contributed by atoms with Crippen LogP contribution in [-0.4, -0.2) is 9.97 Å². The molecule has 0 aromatic carbocycles. The maximum Gasteiger partial charge on any atom is 0.125 e. The lowest BCUT2D eigenvalue weighted by Gasteiger charge is -2.07. The molecule has 0 saturated carbocycles. The van der Waals surface area contributed by atoms with Crippen molar-refractivity contribution in [3.8, 4) is 0 Å². The smallest absolute Gasteiger partial charge is 0.125 e. The van der Waals surface area contributed by atoms with Gasteiger partial charge in [0.25, 0.3) is 0 Å². The van der Waals surface area contributed by atoms with E-state index in [1.165, 1.54) is 5.56 Å². The van der Waals surface area contributed by atoms with Gasteiger partial charge < -0.3 is 0 Å². The highest BCUT2D eigenvalue weighted by molar-refractivity contribution is 5.18. The standard InChI is InChI=1S/C9H14N2/c1-6(2)9-7(3)5-10-8(4)11-9/h5-6H,1-4H3. The summed E-state index contributed by atoms with van der Waals surface area (Å²) in [7, 11) is 0. The Kier molecular flexibility index (Phi) is 2.22.